The van der Waals surface area contributed by atoms with E-state index in [4.69, 9.17) is 5.53 Å². The van der Waals surface area contributed by atoms with Crippen molar-refractivity contribution in [2.75, 3.05) is 13.1 Å². The van der Waals surface area contributed by atoms with Gasteiger partial charge in [-0.25, -0.2) is 13.1 Å². The van der Waals surface area contributed by atoms with E-state index < -0.39 is 15.3 Å². The summed E-state index contributed by atoms with van der Waals surface area (Å²) in [6.45, 7) is 6.23. The van der Waals surface area contributed by atoms with Gasteiger partial charge in [-0.1, -0.05) is 36.0 Å². The van der Waals surface area contributed by atoms with Gasteiger partial charge in [-0.05, 0) is 55.8 Å². The molecular weight excluding hydrogens is 336 g/mol. The molecular formula is C18H26N4O2S. The van der Waals surface area contributed by atoms with Crippen LogP contribution in [-0.4, -0.2) is 26.8 Å². The first kappa shape index (κ1) is 21.0. The lowest BCUT2D eigenvalue weighted by Gasteiger charge is -2.15. The molecule has 0 amide bonds. The molecule has 1 atom stereocenters. The summed E-state index contributed by atoms with van der Waals surface area (Å²) in [5, 5.41) is 3.06. The van der Waals surface area contributed by atoms with Crippen LogP contribution in [0.25, 0.3) is 10.4 Å². The van der Waals surface area contributed by atoms with E-state index in [1.54, 1.807) is 13.8 Å². The van der Waals surface area contributed by atoms with Crippen LogP contribution in [0.5, 0.6) is 0 Å². The van der Waals surface area contributed by atoms with Crippen molar-refractivity contribution in [2.24, 2.45) is 5.11 Å². The zero-order chi connectivity index (χ0) is 18.7. The Morgan fingerprint density at radius 3 is 2.48 bits per heavy atom. The maximum Gasteiger partial charge on any atom is 0.213 e. The average molecular weight is 362 g/mol. The number of hydrogen-bond donors (Lipinski definition) is 1. The summed E-state index contributed by atoms with van der Waals surface area (Å²) < 4.78 is 26.2. The Morgan fingerprint density at radius 1 is 1.20 bits per heavy atom. The maximum absolute atomic E-state index is 11.8. The first-order valence-electron chi connectivity index (χ1n) is 8.45. The van der Waals surface area contributed by atoms with Crippen LogP contribution in [0.15, 0.2) is 29.4 Å². The molecule has 6 nitrogen and oxygen atoms in total. The summed E-state index contributed by atoms with van der Waals surface area (Å²) in [6.07, 6.45) is 2.54. The summed E-state index contributed by atoms with van der Waals surface area (Å²) >= 11 is 0. The molecule has 1 aromatic carbocycles. The summed E-state index contributed by atoms with van der Waals surface area (Å²) in [4.78, 5) is 2.71. The number of unbranched alkanes of at least 4 members (excludes halogenated alkanes) is 2. The second-order valence-corrected chi connectivity index (χ2v) is 8.50. The fourth-order valence-corrected chi connectivity index (χ4v) is 2.84. The van der Waals surface area contributed by atoms with Crippen molar-refractivity contribution in [3.63, 3.8) is 0 Å². The molecule has 0 saturated heterocycles. The SMILES string of the molecule is CC(CNS(=O)(=O)C(C)C)c1ccc(C#CCCCCN=[N+]=[N-])cc1. The van der Waals surface area contributed by atoms with Crippen molar-refractivity contribution in [1.29, 1.82) is 0 Å². The van der Waals surface area contributed by atoms with Gasteiger partial charge in [0.15, 0.2) is 0 Å². The molecule has 0 bridgehead atoms. The molecule has 0 aromatic heterocycles. The molecule has 136 valence electrons. The fraction of sp³-hybridized carbons (Fsp3) is 0.556. The Morgan fingerprint density at radius 2 is 1.88 bits per heavy atom. The smallest absolute Gasteiger partial charge is 0.213 e. The van der Waals surface area contributed by atoms with Crippen LogP contribution < -0.4 is 4.72 Å². The van der Waals surface area contributed by atoms with Gasteiger partial charge in [0.05, 0.1) is 5.25 Å². The highest BCUT2D eigenvalue weighted by molar-refractivity contribution is 7.90. The Hall–Kier alpha value is -2.00. The molecule has 0 aliphatic rings. The molecule has 25 heavy (non-hydrogen) atoms. The zero-order valence-electron chi connectivity index (χ0n) is 15.1. The average Bonchev–Trinajstić information content (AvgIpc) is 2.59. The minimum atomic E-state index is -3.23. The number of hydrogen-bond acceptors (Lipinski definition) is 3. The van der Waals surface area contributed by atoms with Gasteiger partial charge in [0.2, 0.25) is 10.0 Å². The van der Waals surface area contributed by atoms with E-state index in [1.807, 2.05) is 31.2 Å². The van der Waals surface area contributed by atoms with Crippen LogP contribution in [0.4, 0.5) is 0 Å². The van der Waals surface area contributed by atoms with Crippen molar-refractivity contribution in [2.45, 2.75) is 51.2 Å². The van der Waals surface area contributed by atoms with Crippen LogP contribution in [-0.2, 0) is 10.0 Å². The molecule has 0 aliphatic heterocycles. The van der Waals surface area contributed by atoms with Crippen LogP contribution in [0, 0.1) is 11.8 Å². The van der Waals surface area contributed by atoms with Crippen LogP contribution in [0.1, 0.15) is 57.1 Å². The molecule has 0 aliphatic carbocycles. The summed E-state index contributed by atoms with van der Waals surface area (Å²) in [7, 11) is -3.23. The third kappa shape index (κ3) is 8.08. The van der Waals surface area contributed by atoms with Gasteiger partial charge in [0.1, 0.15) is 0 Å². The Balaban J connectivity index is 2.49. The minimum Gasteiger partial charge on any atom is -0.214 e. The van der Waals surface area contributed by atoms with Crippen molar-refractivity contribution >= 4 is 10.0 Å². The van der Waals surface area contributed by atoms with Gasteiger partial charge in [-0.3, -0.25) is 0 Å². The number of benzene rings is 1. The summed E-state index contributed by atoms with van der Waals surface area (Å²) in [5.74, 6) is 6.31. The second-order valence-electron chi connectivity index (χ2n) is 6.18. The number of rotatable bonds is 9. The van der Waals surface area contributed by atoms with E-state index in [0.717, 1.165) is 30.4 Å². The number of sulfonamides is 1. The van der Waals surface area contributed by atoms with Crippen LogP contribution in [0.2, 0.25) is 0 Å². The van der Waals surface area contributed by atoms with Gasteiger partial charge in [0, 0.05) is 30.0 Å². The molecule has 0 heterocycles. The van der Waals surface area contributed by atoms with Gasteiger partial charge >= 0.3 is 0 Å². The third-order valence-electron chi connectivity index (χ3n) is 3.80. The number of nitrogens with zero attached hydrogens (tertiary/aromatic N) is 3. The van der Waals surface area contributed by atoms with Crippen molar-refractivity contribution < 1.29 is 8.42 Å². The second kappa shape index (κ2) is 10.8. The van der Waals surface area contributed by atoms with E-state index in [0.29, 0.717) is 13.1 Å². The first-order chi connectivity index (χ1) is 11.9. The molecule has 7 heteroatoms. The van der Waals surface area contributed by atoms with Crippen molar-refractivity contribution in [3.05, 3.63) is 45.8 Å². The van der Waals surface area contributed by atoms with E-state index in [-0.39, 0.29) is 5.92 Å². The molecule has 0 fully saturated rings. The highest BCUT2D eigenvalue weighted by atomic mass is 32.2. The number of azide groups is 1. The predicted octanol–water partition coefficient (Wildman–Crippen LogP) is 3.95. The topological polar surface area (TPSA) is 94.9 Å². The van der Waals surface area contributed by atoms with Gasteiger partial charge in [-0.2, -0.15) is 0 Å². The minimum absolute atomic E-state index is 0.0937. The lowest BCUT2D eigenvalue weighted by Crippen LogP contribution is -2.33. The first-order valence-corrected chi connectivity index (χ1v) is 9.99. The van der Waals surface area contributed by atoms with Crippen molar-refractivity contribution in [1.82, 2.24) is 4.72 Å². The van der Waals surface area contributed by atoms with Crippen LogP contribution in [0.3, 0.4) is 0 Å². The molecule has 0 spiro atoms. The van der Waals surface area contributed by atoms with E-state index in [2.05, 4.69) is 26.6 Å². The number of nitrogens with one attached hydrogen (secondary N) is 1. The summed E-state index contributed by atoms with van der Waals surface area (Å²) in [6, 6.07) is 7.88. The van der Waals surface area contributed by atoms with E-state index >= 15 is 0 Å². The molecule has 1 rings (SSSR count). The monoisotopic (exact) mass is 362 g/mol. The Bertz CT molecular complexity index is 740. The largest absolute Gasteiger partial charge is 0.214 e. The Kier molecular flexibility index (Phi) is 9.07. The van der Waals surface area contributed by atoms with Gasteiger partial charge in [0.25, 0.3) is 0 Å². The maximum atomic E-state index is 11.8. The normalized spacial score (nSPS) is 12.2. The molecule has 1 unspecified atom stereocenters. The Labute approximate surface area is 150 Å². The molecule has 1 N–H and O–H groups in total. The predicted molar refractivity (Wildman–Crippen MR) is 102 cm³/mol. The van der Waals surface area contributed by atoms with Gasteiger partial charge < -0.3 is 0 Å². The standard InChI is InChI=1S/C18H26N4O2S/c1-15(2)25(23,24)21-14-16(3)18-11-9-17(10-12-18)8-6-4-5-7-13-20-22-19/h9-12,15-16,21H,4-5,7,13-14H2,1-3H3. The van der Waals surface area contributed by atoms with Crippen LogP contribution >= 0.6 is 0 Å². The highest BCUT2D eigenvalue weighted by Gasteiger charge is 2.16. The van der Waals surface area contributed by atoms with E-state index in [1.165, 1.54) is 0 Å². The fourth-order valence-electron chi connectivity index (χ4n) is 2.03. The van der Waals surface area contributed by atoms with Gasteiger partial charge in [-0.15, -0.1) is 0 Å². The highest BCUT2D eigenvalue weighted by Crippen LogP contribution is 2.15. The quantitative estimate of drug-likeness (QED) is 0.237. The molecule has 1 aromatic rings. The molecule has 0 saturated carbocycles. The third-order valence-corrected chi connectivity index (χ3v) is 5.61. The van der Waals surface area contributed by atoms with E-state index in [9.17, 15) is 8.42 Å². The lowest BCUT2D eigenvalue weighted by atomic mass is 10.0. The van der Waals surface area contributed by atoms with Crippen molar-refractivity contribution in [3.8, 4) is 11.8 Å². The lowest BCUT2D eigenvalue weighted by molar-refractivity contribution is 0.566. The molecule has 0 radical (unpaired) electrons. The summed E-state index contributed by atoms with van der Waals surface area (Å²) in [5.41, 5.74) is 10.2. The zero-order valence-corrected chi connectivity index (χ0v) is 15.9.